The number of isocyanates is 1. The van der Waals surface area contributed by atoms with Gasteiger partial charge in [-0.1, -0.05) is 0 Å². The van der Waals surface area contributed by atoms with Crippen LogP contribution in [0.3, 0.4) is 0 Å². The molecule has 0 aliphatic heterocycles. The number of nitrogens with zero attached hydrogens (tertiary/aromatic N) is 1. The molecule has 1 unspecified atom stereocenters. The van der Waals surface area contributed by atoms with Gasteiger partial charge in [0.1, 0.15) is 0 Å². The number of ether oxygens (including phenoxy) is 1. The van der Waals surface area contributed by atoms with Crippen molar-refractivity contribution in [2.75, 3.05) is 14.1 Å². The number of rotatable bonds is 2. The van der Waals surface area contributed by atoms with Crippen molar-refractivity contribution in [2.24, 2.45) is 5.73 Å². The highest BCUT2D eigenvalue weighted by atomic mass is 16.6. The summed E-state index contributed by atoms with van der Waals surface area (Å²) in [7, 11) is 3.60. The average molecular weight is 175 g/mol. The monoisotopic (exact) mass is 175 g/mol. The molecule has 0 aromatic carbocycles. The van der Waals surface area contributed by atoms with Gasteiger partial charge in [0.25, 0.3) is 0 Å². The van der Waals surface area contributed by atoms with Crippen molar-refractivity contribution in [3.63, 3.8) is 0 Å². The third kappa shape index (κ3) is 11.4. The zero-order valence-corrected chi connectivity index (χ0v) is 7.33. The average Bonchev–Trinajstić information content (AvgIpc) is 1.87. The van der Waals surface area contributed by atoms with Crippen molar-refractivity contribution in [2.45, 2.75) is 13.2 Å². The van der Waals surface area contributed by atoms with Crippen LogP contribution in [0.25, 0.3) is 0 Å². The molecule has 0 bridgehead atoms. The van der Waals surface area contributed by atoms with Gasteiger partial charge in [-0.25, -0.2) is 15.0 Å². The Morgan fingerprint density at radius 3 is 2.08 bits per heavy atom. The van der Waals surface area contributed by atoms with Gasteiger partial charge < -0.3 is 10.5 Å². The van der Waals surface area contributed by atoms with E-state index in [9.17, 15) is 4.79 Å². The van der Waals surface area contributed by atoms with Crippen LogP contribution in [-0.4, -0.2) is 37.4 Å². The van der Waals surface area contributed by atoms with E-state index in [-0.39, 0.29) is 6.23 Å². The van der Waals surface area contributed by atoms with Gasteiger partial charge in [-0.15, -0.1) is 0 Å². The Kier molecular flexibility index (Phi) is 8.50. The van der Waals surface area contributed by atoms with Crippen LogP contribution < -0.4 is 5.73 Å². The summed E-state index contributed by atoms with van der Waals surface area (Å²) in [4.78, 5) is 20.2. The maximum Gasteiger partial charge on any atom is 0.406 e. The first-order valence-electron chi connectivity index (χ1n) is 3.12. The predicted molar refractivity (Wildman–Crippen MR) is 42.2 cm³/mol. The number of hydrogen-bond acceptors (Lipinski definition) is 5. The minimum atomic E-state index is -0.740. The van der Waals surface area contributed by atoms with E-state index in [4.69, 9.17) is 15.9 Å². The van der Waals surface area contributed by atoms with Crippen LogP contribution >= 0.6 is 0 Å². The smallest absolute Gasteiger partial charge is 0.406 e. The van der Waals surface area contributed by atoms with Gasteiger partial charge in [0.15, 0.2) is 6.23 Å². The Morgan fingerprint density at radius 1 is 1.67 bits per heavy atom. The minimum absolute atomic E-state index is 0.248. The fraction of sp³-hybridized carbons (Fsp3) is 0.667. The van der Waals surface area contributed by atoms with E-state index in [2.05, 4.69) is 4.74 Å². The number of hydrogen-bond donors (Lipinski definition) is 2. The molecular weight excluding hydrogens is 162 g/mol. The maximum absolute atomic E-state index is 10.1. The van der Waals surface area contributed by atoms with Gasteiger partial charge in [0.05, 0.1) is 0 Å². The summed E-state index contributed by atoms with van der Waals surface area (Å²) < 4.78 is 4.58. The van der Waals surface area contributed by atoms with Crippen LogP contribution in [0.4, 0.5) is 4.79 Å². The molecule has 0 spiro atoms. The predicted octanol–water partition coefficient (Wildman–Crippen LogP) is -0.110. The fourth-order valence-electron chi connectivity index (χ4n) is 0.274. The second-order valence-electron chi connectivity index (χ2n) is 2.10. The molecule has 12 heavy (non-hydrogen) atoms. The van der Waals surface area contributed by atoms with E-state index in [0.29, 0.717) is 0 Å². The van der Waals surface area contributed by atoms with Crippen molar-refractivity contribution in [3.05, 3.63) is 0 Å². The van der Waals surface area contributed by atoms with Crippen LogP contribution in [0.2, 0.25) is 0 Å². The molecule has 0 saturated carbocycles. The van der Waals surface area contributed by atoms with Crippen molar-refractivity contribution in [1.82, 2.24) is 4.90 Å². The number of carbonyl (C=O) groups excluding carboxylic acids is 2. The summed E-state index contributed by atoms with van der Waals surface area (Å²) in [6.45, 7) is 1.74. The van der Waals surface area contributed by atoms with Gasteiger partial charge in [-0.05, 0) is 21.0 Å². The van der Waals surface area contributed by atoms with E-state index in [1.807, 2.05) is 0 Å². The van der Waals surface area contributed by atoms with Gasteiger partial charge >= 0.3 is 6.09 Å². The summed E-state index contributed by atoms with van der Waals surface area (Å²) >= 11 is 0. The van der Waals surface area contributed by atoms with Crippen molar-refractivity contribution >= 4 is 12.2 Å². The third-order valence-electron chi connectivity index (χ3n) is 1.01. The van der Waals surface area contributed by atoms with E-state index in [0.717, 1.165) is 6.08 Å². The topological polar surface area (TPSA) is 96.5 Å². The first-order valence-corrected chi connectivity index (χ1v) is 3.12. The Balaban J connectivity index is 0. The summed E-state index contributed by atoms with van der Waals surface area (Å²) in [6.07, 6.45) is -0.237. The molecular formula is C6H13N3O3. The molecule has 3 N–H and O–H groups in total. The lowest BCUT2D eigenvalue weighted by molar-refractivity contribution is 0.0327. The van der Waals surface area contributed by atoms with Crippen LogP contribution in [0.15, 0.2) is 0 Å². The Bertz CT molecular complexity index is 163. The van der Waals surface area contributed by atoms with Crippen molar-refractivity contribution in [3.8, 4) is 0 Å². The Morgan fingerprint density at radius 2 is 2.00 bits per heavy atom. The van der Waals surface area contributed by atoms with Crippen LogP contribution in [0.5, 0.6) is 0 Å². The highest BCUT2D eigenvalue weighted by Crippen LogP contribution is 1.91. The first-order chi connectivity index (χ1) is 5.45. The lowest BCUT2D eigenvalue weighted by Gasteiger charge is -2.17. The number of nitrogens with two attached hydrogens (primary N) is 1. The molecule has 6 heteroatoms. The quantitative estimate of drug-likeness (QED) is 0.347. The Hall–Kier alpha value is -1.39. The largest absolute Gasteiger partial charge is 0.431 e. The summed E-state index contributed by atoms with van der Waals surface area (Å²) in [5.74, 6) is 0. The van der Waals surface area contributed by atoms with E-state index in [1.165, 1.54) is 0 Å². The normalized spacial score (nSPS) is 10.7. The van der Waals surface area contributed by atoms with E-state index >= 15 is 0 Å². The maximum atomic E-state index is 10.1. The lowest BCUT2D eigenvalue weighted by atomic mass is 10.6. The molecule has 0 saturated heterocycles. The number of nitrogens with one attached hydrogen (secondary N) is 1. The zero-order chi connectivity index (χ0) is 10.1. The SMILES string of the molecule is CC(OC(N)=O)N(C)C.N=C=O. The summed E-state index contributed by atoms with van der Waals surface area (Å²) in [5.41, 5.74) is 4.74. The van der Waals surface area contributed by atoms with E-state index < -0.39 is 6.09 Å². The number of primary amides is 1. The molecule has 1 amide bonds. The van der Waals surface area contributed by atoms with E-state index in [1.54, 1.807) is 25.9 Å². The van der Waals surface area contributed by atoms with Crippen LogP contribution in [-0.2, 0) is 9.53 Å². The first kappa shape index (κ1) is 13.2. The van der Waals surface area contributed by atoms with Crippen molar-refractivity contribution < 1.29 is 14.3 Å². The highest BCUT2D eigenvalue weighted by molar-refractivity contribution is 5.64. The molecule has 1 atom stereocenters. The molecule has 0 aliphatic rings. The van der Waals surface area contributed by atoms with Gasteiger partial charge in [0, 0.05) is 0 Å². The molecule has 0 aromatic heterocycles. The highest BCUT2D eigenvalue weighted by Gasteiger charge is 2.05. The number of carbonyl (C=O) groups is 1. The standard InChI is InChI=1S/C5H12N2O2.CHNO/c1-4(7(2)3)9-5(6)8;2-1-3/h4H,1-3H3,(H2,6,8);2H. The summed E-state index contributed by atoms with van der Waals surface area (Å²) in [5, 5.41) is 5.40. The van der Waals surface area contributed by atoms with Gasteiger partial charge in [-0.2, -0.15) is 0 Å². The molecule has 0 radical (unpaired) electrons. The molecule has 0 heterocycles. The molecule has 0 rings (SSSR count). The minimum Gasteiger partial charge on any atom is -0.431 e. The van der Waals surface area contributed by atoms with Gasteiger partial charge in [0.2, 0.25) is 6.08 Å². The summed E-state index contributed by atoms with van der Waals surface area (Å²) in [6, 6.07) is 0. The molecule has 0 fully saturated rings. The fourth-order valence-corrected chi connectivity index (χ4v) is 0.274. The molecule has 70 valence electrons. The second kappa shape index (κ2) is 7.71. The van der Waals surface area contributed by atoms with Gasteiger partial charge in [-0.3, -0.25) is 4.90 Å². The third-order valence-corrected chi connectivity index (χ3v) is 1.01. The van der Waals surface area contributed by atoms with Crippen LogP contribution in [0.1, 0.15) is 6.92 Å². The molecule has 6 nitrogen and oxygen atoms in total. The zero-order valence-electron chi connectivity index (χ0n) is 7.33. The van der Waals surface area contributed by atoms with Crippen LogP contribution in [0, 0.1) is 5.41 Å². The molecule has 0 aromatic rings. The number of amides is 1. The lowest BCUT2D eigenvalue weighted by Crippen LogP contribution is -2.31. The second-order valence-corrected chi connectivity index (χ2v) is 2.10. The Labute approximate surface area is 70.8 Å². The van der Waals surface area contributed by atoms with Crippen molar-refractivity contribution in [1.29, 1.82) is 5.41 Å². The molecule has 0 aliphatic carbocycles.